The summed E-state index contributed by atoms with van der Waals surface area (Å²) in [7, 11) is 0. The number of fused-ring (bicyclic) bond motifs is 1. The molecule has 2 aromatic carbocycles. The van der Waals surface area contributed by atoms with E-state index in [0.29, 0.717) is 6.42 Å². The van der Waals surface area contributed by atoms with Gasteiger partial charge in [0.25, 0.3) is 0 Å². The maximum absolute atomic E-state index is 13.4. The Morgan fingerprint density at radius 1 is 1.10 bits per heavy atom. The monoisotopic (exact) mass is 408 g/mol. The summed E-state index contributed by atoms with van der Waals surface area (Å²) in [6, 6.07) is 16.4. The normalized spacial score (nSPS) is 11.2. The van der Waals surface area contributed by atoms with E-state index in [0.717, 1.165) is 50.7 Å². The molecule has 0 bridgehead atoms. The molecule has 4 rings (SSSR count). The van der Waals surface area contributed by atoms with Crippen LogP contribution in [0.25, 0.3) is 27.2 Å². The maximum Gasteiger partial charge on any atom is 0.303 e. The summed E-state index contributed by atoms with van der Waals surface area (Å²) in [6.45, 7) is 2.14. The van der Waals surface area contributed by atoms with Gasteiger partial charge in [-0.05, 0) is 79.4 Å². The number of thiazole rings is 1. The van der Waals surface area contributed by atoms with E-state index in [1.165, 1.54) is 12.1 Å². The molecule has 2 aromatic heterocycles. The third kappa shape index (κ3) is 4.07. The lowest BCUT2D eigenvalue weighted by Crippen LogP contribution is -2.05. The van der Waals surface area contributed by atoms with Crippen molar-refractivity contribution in [2.75, 3.05) is 0 Å². The van der Waals surface area contributed by atoms with Crippen molar-refractivity contribution in [2.24, 2.45) is 0 Å². The second-order valence-corrected chi connectivity index (χ2v) is 8.07. The van der Waals surface area contributed by atoms with Crippen LogP contribution in [-0.4, -0.2) is 20.6 Å². The fourth-order valence-electron chi connectivity index (χ4n) is 3.48. The van der Waals surface area contributed by atoms with Gasteiger partial charge in [-0.15, -0.1) is 11.3 Å². The lowest BCUT2D eigenvalue weighted by Gasteiger charge is -2.14. The third-order valence-corrected chi connectivity index (χ3v) is 5.91. The topological polar surface area (TPSA) is 55.1 Å². The van der Waals surface area contributed by atoms with E-state index in [9.17, 15) is 9.18 Å². The molecule has 0 aliphatic heterocycles. The second kappa shape index (κ2) is 8.17. The molecular weight excluding hydrogens is 387 g/mol. The highest BCUT2D eigenvalue weighted by Gasteiger charge is 2.15. The molecule has 0 aliphatic carbocycles. The molecule has 0 amide bonds. The van der Waals surface area contributed by atoms with Crippen LogP contribution in [0.3, 0.4) is 0 Å². The summed E-state index contributed by atoms with van der Waals surface area (Å²) in [5.74, 6) is -1.12. The first-order chi connectivity index (χ1) is 14.0. The van der Waals surface area contributed by atoms with E-state index in [-0.39, 0.29) is 12.2 Å². The number of rotatable bonds is 7. The molecule has 2 heterocycles. The first-order valence-corrected chi connectivity index (χ1v) is 10.4. The summed E-state index contributed by atoms with van der Waals surface area (Å²) in [5.41, 5.74) is 4.62. The Morgan fingerprint density at radius 2 is 1.90 bits per heavy atom. The molecule has 0 saturated heterocycles. The lowest BCUT2D eigenvalue weighted by molar-refractivity contribution is -0.136. The molecule has 0 atom stereocenters. The van der Waals surface area contributed by atoms with Crippen LogP contribution in [0.15, 0.2) is 54.6 Å². The van der Waals surface area contributed by atoms with E-state index in [1.54, 1.807) is 23.5 Å². The quantitative estimate of drug-likeness (QED) is 0.416. The minimum Gasteiger partial charge on any atom is -0.481 e. The lowest BCUT2D eigenvalue weighted by atomic mass is 10.1. The Bertz CT molecular complexity index is 1160. The molecule has 1 N–H and O–H groups in total. The number of halogens is 1. The van der Waals surface area contributed by atoms with E-state index in [1.807, 2.05) is 24.3 Å². The largest absolute Gasteiger partial charge is 0.481 e. The predicted molar refractivity (Wildman–Crippen MR) is 114 cm³/mol. The van der Waals surface area contributed by atoms with Gasteiger partial charge in [0.1, 0.15) is 5.82 Å². The van der Waals surface area contributed by atoms with Crippen molar-refractivity contribution in [3.63, 3.8) is 0 Å². The summed E-state index contributed by atoms with van der Waals surface area (Å²) in [4.78, 5) is 15.8. The summed E-state index contributed by atoms with van der Waals surface area (Å²) < 4.78 is 16.6. The van der Waals surface area contributed by atoms with Crippen LogP contribution in [0.1, 0.15) is 30.5 Å². The number of nitrogens with zero attached hydrogens (tertiary/aromatic N) is 2. The number of carboxylic acid groups (broad SMARTS) is 1. The van der Waals surface area contributed by atoms with Gasteiger partial charge in [-0.3, -0.25) is 4.79 Å². The SMILES string of the molecule is CCCc1nc2ccc(-n3c(CCC(=O)O)ccc3-c3ccc(F)cc3)cc2s1. The van der Waals surface area contributed by atoms with Gasteiger partial charge in [0, 0.05) is 11.4 Å². The highest BCUT2D eigenvalue weighted by atomic mass is 32.1. The fraction of sp³-hybridized carbons (Fsp3) is 0.217. The highest BCUT2D eigenvalue weighted by Crippen LogP contribution is 2.31. The van der Waals surface area contributed by atoms with Crippen molar-refractivity contribution in [2.45, 2.75) is 32.6 Å². The van der Waals surface area contributed by atoms with Gasteiger partial charge >= 0.3 is 5.97 Å². The van der Waals surface area contributed by atoms with Gasteiger partial charge in [0.2, 0.25) is 0 Å². The molecule has 0 unspecified atom stereocenters. The Labute approximate surface area is 172 Å². The summed E-state index contributed by atoms with van der Waals surface area (Å²) in [6.07, 6.45) is 2.48. The standard InChI is InChI=1S/C23H21FN2O2S/c1-2-3-22-25-19-11-8-18(14-21(19)29-22)26-17(10-13-23(27)28)9-12-20(26)15-4-6-16(24)7-5-15/h4-9,11-12,14H,2-3,10,13H2,1H3,(H,27,28). The van der Waals surface area contributed by atoms with Crippen LogP contribution in [0.2, 0.25) is 0 Å². The molecule has 29 heavy (non-hydrogen) atoms. The Balaban J connectivity index is 1.83. The number of carboxylic acids is 1. The Hall–Kier alpha value is -2.99. The maximum atomic E-state index is 13.4. The van der Waals surface area contributed by atoms with Crippen LogP contribution in [0.5, 0.6) is 0 Å². The minimum atomic E-state index is -0.830. The van der Waals surface area contributed by atoms with E-state index in [4.69, 9.17) is 5.11 Å². The van der Waals surface area contributed by atoms with Crippen molar-refractivity contribution in [3.05, 3.63) is 71.1 Å². The smallest absolute Gasteiger partial charge is 0.303 e. The Morgan fingerprint density at radius 3 is 2.62 bits per heavy atom. The zero-order valence-corrected chi connectivity index (χ0v) is 16.9. The van der Waals surface area contributed by atoms with Crippen LogP contribution < -0.4 is 0 Å². The summed E-state index contributed by atoms with van der Waals surface area (Å²) in [5, 5.41) is 10.2. The van der Waals surface area contributed by atoms with Crippen LogP contribution >= 0.6 is 11.3 Å². The minimum absolute atomic E-state index is 0.0519. The van der Waals surface area contributed by atoms with E-state index in [2.05, 4.69) is 22.5 Å². The molecule has 0 aliphatic rings. The summed E-state index contributed by atoms with van der Waals surface area (Å²) >= 11 is 1.69. The zero-order chi connectivity index (χ0) is 20.4. The van der Waals surface area contributed by atoms with Crippen molar-refractivity contribution in [1.29, 1.82) is 0 Å². The number of hydrogen-bond acceptors (Lipinski definition) is 3. The van der Waals surface area contributed by atoms with Crippen LogP contribution in [0, 0.1) is 5.82 Å². The van der Waals surface area contributed by atoms with Gasteiger partial charge in [-0.25, -0.2) is 9.37 Å². The number of aromatic nitrogens is 2. The van der Waals surface area contributed by atoms with Crippen molar-refractivity contribution < 1.29 is 14.3 Å². The van der Waals surface area contributed by atoms with E-state index < -0.39 is 5.97 Å². The average molecular weight is 408 g/mol. The number of aryl methyl sites for hydroxylation is 2. The van der Waals surface area contributed by atoms with E-state index >= 15 is 0 Å². The second-order valence-electron chi connectivity index (χ2n) is 6.96. The van der Waals surface area contributed by atoms with Gasteiger partial charge < -0.3 is 9.67 Å². The van der Waals surface area contributed by atoms with Crippen molar-refractivity contribution in [3.8, 4) is 16.9 Å². The van der Waals surface area contributed by atoms with Crippen molar-refractivity contribution >= 4 is 27.5 Å². The molecule has 0 spiro atoms. The van der Waals surface area contributed by atoms with Crippen molar-refractivity contribution in [1.82, 2.24) is 9.55 Å². The first-order valence-electron chi connectivity index (χ1n) is 9.63. The Kier molecular flexibility index (Phi) is 5.45. The van der Waals surface area contributed by atoms with Gasteiger partial charge in [-0.1, -0.05) is 6.92 Å². The number of carbonyl (C=O) groups is 1. The molecule has 0 fully saturated rings. The zero-order valence-electron chi connectivity index (χ0n) is 16.1. The number of aliphatic carboxylic acids is 1. The number of benzene rings is 2. The molecule has 4 aromatic rings. The molecule has 148 valence electrons. The molecule has 4 nitrogen and oxygen atoms in total. The number of hydrogen-bond donors (Lipinski definition) is 1. The third-order valence-electron chi connectivity index (χ3n) is 4.84. The average Bonchev–Trinajstić information content (AvgIpc) is 3.30. The molecule has 0 radical (unpaired) electrons. The van der Waals surface area contributed by atoms with Crippen LogP contribution in [0.4, 0.5) is 4.39 Å². The van der Waals surface area contributed by atoms with Gasteiger partial charge in [0.15, 0.2) is 0 Å². The first kappa shape index (κ1) is 19.3. The predicted octanol–water partition coefficient (Wildman–Crippen LogP) is 5.86. The highest BCUT2D eigenvalue weighted by molar-refractivity contribution is 7.18. The fourth-order valence-corrected chi connectivity index (χ4v) is 4.58. The molecule has 6 heteroatoms. The molecule has 0 saturated carbocycles. The molecular formula is C23H21FN2O2S. The van der Waals surface area contributed by atoms with Gasteiger partial charge in [0.05, 0.1) is 27.3 Å². The van der Waals surface area contributed by atoms with Crippen LogP contribution in [-0.2, 0) is 17.6 Å². The van der Waals surface area contributed by atoms with Gasteiger partial charge in [-0.2, -0.15) is 0 Å².